The van der Waals surface area contributed by atoms with Gasteiger partial charge >= 0.3 is 0 Å². The first-order chi connectivity index (χ1) is 13.0. The average molecular weight is 368 g/mol. The number of rotatable bonds is 3. The molecular weight excluding hydrogens is 344 g/mol. The van der Waals surface area contributed by atoms with Crippen molar-refractivity contribution >= 4 is 17.6 Å². The van der Waals surface area contributed by atoms with Gasteiger partial charge in [-0.1, -0.05) is 6.07 Å². The molecular formula is C19H24N6O2. The molecule has 2 amide bonds. The van der Waals surface area contributed by atoms with Crippen LogP contribution in [0.1, 0.15) is 41.9 Å². The van der Waals surface area contributed by atoms with Crippen molar-refractivity contribution in [3.63, 3.8) is 0 Å². The lowest BCUT2D eigenvalue weighted by molar-refractivity contribution is -0.139. The lowest BCUT2D eigenvalue weighted by Crippen LogP contribution is -2.54. The number of carbonyl (C=O) groups is 2. The summed E-state index contributed by atoms with van der Waals surface area (Å²) in [7, 11) is 0. The van der Waals surface area contributed by atoms with Crippen LogP contribution in [0, 0.1) is 5.41 Å². The number of pyridine rings is 1. The van der Waals surface area contributed by atoms with Crippen LogP contribution >= 0.6 is 0 Å². The van der Waals surface area contributed by atoms with Crippen LogP contribution in [-0.4, -0.2) is 56.4 Å². The molecule has 142 valence electrons. The number of aromatic nitrogens is 3. The number of hydrogen-bond donors (Lipinski definition) is 2. The number of nitrogens with two attached hydrogens (primary N) is 1. The number of carbonyl (C=O) groups excluding carboxylic acids is 2. The number of likely N-dealkylation sites (tertiary alicyclic amines) is 2. The predicted octanol–water partition coefficient (Wildman–Crippen LogP) is 1.43. The highest BCUT2D eigenvalue weighted by molar-refractivity contribution is 5.93. The van der Waals surface area contributed by atoms with E-state index in [-0.39, 0.29) is 17.2 Å². The SMILES string of the molecule is Nc1cc(C(=O)N2CCC[C@@]3(CCC(=O)N(Cc4ccccn4)C3)C2)[nH]n1. The highest BCUT2D eigenvalue weighted by Gasteiger charge is 2.43. The lowest BCUT2D eigenvalue weighted by atomic mass is 9.73. The Labute approximate surface area is 157 Å². The van der Waals surface area contributed by atoms with Crippen LogP contribution in [0.15, 0.2) is 30.5 Å². The zero-order valence-electron chi connectivity index (χ0n) is 15.2. The molecule has 0 saturated carbocycles. The third-order valence-electron chi connectivity index (χ3n) is 5.60. The van der Waals surface area contributed by atoms with E-state index >= 15 is 0 Å². The normalized spacial score (nSPS) is 23.0. The zero-order valence-corrected chi connectivity index (χ0v) is 15.2. The van der Waals surface area contributed by atoms with E-state index in [9.17, 15) is 9.59 Å². The molecule has 1 atom stereocenters. The third kappa shape index (κ3) is 3.65. The number of H-pyrrole nitrogens is 1. The highest BCUT2D eigenvalue weighted by Crippen LogP contribution is 2.39. The van der Waals surface area contributed by atoms with Gasteiger partial charge in [0.2, 0.25) is 5.91 Å². The molecule has 27 heavy (non-hydrogen) atoms. The summed E-state index contributed by atoms with van der Waals surface area (Å²) >= 11 is 0. The number of piperidine rings is 2. The topological polar surface area (TPSA) is 108 Å². The predicted molar refractivity (Wildman–Crippen MR) is 99.5 cm³/mol. The van der Waals surface area contributed by atoms with Gasteiger partial charge in [-0.15, -0.1) is 0 Å². The lowest BCUT2D eigenvalue weighted by Gasteiger charge is -2.48. The summed E-state index contributed by atoms with van der Waals surface area (Å²) in [4.78, 5) is 33.3. The van der Waals surface area contributed by atoms with Crippen LogP contribution in [-0.2, 0) is 11.3 Å². The van der Waals surface area contributed by atoms with Crippen molar-refractivity contribution in [2.75, 3.05) is 25.4 Å². The van der Waals surface area contributed by atoms with Gasteiger partial charge in [0.05, 0.1) is 12.2 Å². The molecule has 0 radical (unpaired) electrons. The van der Waals surface area contributed by atoms with Gasteiger partial charge in [0.25, 0.3) is 5.91 Å². The van der Waals surface area contributed by atoms with Crippen molar-refractivity contribution in [3.8, 4) is 0 Å². The summed E-state index contributed by atoms with van der Waals surface area (Å²) in [5.74, 6) is 0.400. The molecule has 2 fully saturated rings. The van der Waals surface area contributed by atoms with E-state index in [4.69, 9.17) is 5.73 Å². The summed E-state index contributed by atoms with van der Waals surface area (Å²) < 4.78 is 0. The number of nitrogens with zero attached hydrogens (tertiary/aromatic N) is 4. The Morgan fingerprint density at radius 1 is 1.30 bits per heavy atom. The fraction of sp³-hybridized carbons (Fsp3) is 0.474. The van der Waals surface area contributed by atoms with Gasteiger partial charge in [0, 0.05) is 43.7 Å². The molecule has 0 aliphatic carbocycles. The average Bonchev–Trinajstić information content (AvgIpc) is 3.12. The molecule has 1 spiro atoms. The molecule has 3 N–H and O–H groups in total. The van der Waals surface area contributed by atoms with Crippen molar-refractivity contribution in [2.24, 2.45) is 5.41 Å². The molecule has 0 bridgehead atoms. The second-order valence-electron chi connectivity index (χ2n) is 7.61. The fourth-order valence-electron chi connectivity index (χ4n) is 4.27. The Morgan fingerprint density at radius 3 is 2.93 bits per heavy atom. The van der Waals surface area contributed by atoms with E-state index in [0.717, 1.165) is 25.0 Å². The van der Waals surface area contributed by atoms with Gasteiger partial charge in [-0.3, -0.25) is 19.7 Å². The zero-order chi connectivity index (χ0) is 18.9. The van der Waals surface area contributed by atoms with E-state index in [1.54, 1.807) is 12.3 Å². The van der Waals surface area contributed by atoms with Crippen LogP contribution in [0.25, 0.3) is 0 Å². The molecule has 2 saturated heterocycles. The maximum absolute atomic E-state index is 12.8. The minimum absolute atomic E-state index is 0.0534. The monoisotopic (exact) mass is 368 g/mol. The number of nitrogens with one attached hydrogen (secondary N) is 1. The minimum Gasteiger partial charge on any atom is -0.382 e. The maximum atomic E-state index is 12.8. The molecule has 8 heteroatoms. The third-order valence-corrected chi connectivity index (χ3v) is 5.60. The van der Waals surface area contributed by atoms with Gasteiger partial charge in [0.1, 0.15) is 11.5 Å². The molecule has 0 unspecified atom stereocenters. The number of hydrogen-bond acceptors (Lipinski definition) is 5. The van der Waals surface area contributed by atoms with Crippen LogP contribution in [0.5, 0.6) is 0 Å². The largest absolute Gasteiger partial charge is 0.382 e. The molecule has 0 aromatic carbocycles. The standard InChI is InChI=1S/C19H24N6O2/c20-16-10-15(22-23-16)18(27)24-9-3-6-19(12-24)7-5-17(26)25(13-19)11-14-4-1-2-8-21-14/h1-2,4,8,10H,3,5-7,9,11-13H2,(H3,20,22,23)/t19-/m1/s1. The first kappa shape index (κ1) is 17.5. The molecule has 2 aliphatic rings. The fourth-order valence-corrected chi connectivity index (χ4v) is 4.27. The van der Waals surface area contributed by atoms with Crippen molar-refractivity contribution < 1.29 is 9.59 Å². The number of nitrogen functional groups attached to an aromatic ring is 1. The Bertz CT molecular complexity index is 836. The Morgan fingerprint density at radius 2 is 2.19 bits per heavy atom. The van der Waals surface area contributed by atoms with Crippen molar-refractivity contribution in [2.45, 2.75) is 32.2 Å². The van der Waals surface area contributed by atoms with E-state index in [1.165, 1.54) is 0 Å². The Balaban J connectivity index is 1.48. The second kappa shape index (κ2) is 7.02. The van der Waals surface area contributed by atoms with Crippen molar-refractivity contribution in [1.82, 2.24) is 25.0 Å². The smallest absolute Gasteiger partial charge is 0.271 e. The summed E-state index contributed by atoms with van der Waals surface area (Å²) in [5.41, 5.74) is 6.88. The first-order valence-electron chi connectivity index (χ1n) is 9.33. The maximum Gasteiger partial charge on any atom is 0.271 e. The summed E-state index contributed by atoms with van der Waals surface area (Å²) in [6.45, 7) is 2.55. The Kier molecular flexibility index (Phi) is 4.55. The van der Waals surface area contributed by atoms with Crippen LogP contribution < -0.4 is 5.73 Å². The van der Waals surface area contributed by atoms with Crippen LogP contribution in [0.4, 0.5) is 5.82 Å². The summed E-state index contributed by atoms with van der Waals surface area (Å²) in [5, 5.41) is 6.55. The number of amides is 2. The van der Waals surface area contributed by atoms with Gasteiger partial charge in [-0.2, -0.15) is 5.10 Å². The minimum atomic E-state index is -0.0774. The van der Waals surface area contributed by atoms with E-state index in [2.05, 4.69) is 15.2 Å². The Hall–Kier alpha value is -2.90. The molecule has 4 heterocycles. The molecule has 4 rings (SSSR count). The quantitative estimate of drug-likeness (QED) is 0.852. The van der Waals surface area contributed by atoms with E-state index < -0.39 is 0 Å². The van der Waals surface area contributed by atoms with Crippen LogP contribution in [0.3, 0.4) is 0 Å². The van der Waals surface area contributed by atoms with Crippen LogP contribution in [0.2, 0.25) is 0 Å². The molecule has 2 aromatic rings. The van der Waals surface area contributed by atoms with E-state index in [1.807, 2.05) is 28.0 Å². The van der Waals surface area contributed by atoms with Crippen molar-refractivity contribution in [1.29, 1.82) is 0 Å². The van der Waals surface area contributed by atoms with E-state index in [0.29, 0.717) is 44.1 Å². The summed E-state index contributed by atoms with van der Waals surface area (Å²) in [6.07, 6.45) is 5.04. The first-order valence-corrected chi connectivity index (χ1v) is 9.33. The summed E-state index contributed by atoms with van der Waals surface area (Å²) in [6, 6.07) is 7.31. The van der Waals surface area contributed by atoms with Gasteiger partial charge in [0.15, 0.2) is 0 Å². The molecule has 2 aliphatic heterocycles. The van der Waals surface area contributed by atoms with Crippen molar-refractivity contribution in [3.05, 3.63) is 41.9 Å². The van der Waals surface area contributed by atoms with Gasteiger partial charge in [-0.25, -0.2) is 0 Å². The van der Waals surface area contributed by atoms with Gasteiger partial charge in [-0.05, 0) is 31.4 Å². The second-order valence-corrected chi connectivity index (χ2v) is 7.61. The molecule has 2 aromatic heterocycles. The molecule has 8 nitrogen and oxygen atoms in total. The number of anilines is 1. The highest BCUT2D eigenvalue weighted by atomic mass is 16.2. The number of aromatic amines is 1. The van der Waals surface area contributed by atoms with Gasteiger partial charge < -0.3 is 15.5 Å².